The molecule has 0 aliphatic rings. The Bertz CT molecular complexity index is 647. The molecule has 2 rings (SSSR count). The highest BCUT2D eigenvalue weighted by molar-refractivity contribution is 9.11. The summed E-state index contributed by atoms with van der Waals surface area (Å²) in [6.07, 6.45) is 0. The van der Waals surface area contributed by atoms with Crippen molar-refractivity contribution in [2.75, 3.05) is 11.1 Å². The number of nitrogens with two attached hydrogens (primary N) is 1. The van der Waals surface area contributed by atoms with Crippen LogP contribution in [-0.4, -0.2) is 5.91 Å². The first-order chi connectivity index (χ1) is 8.97. The van der Waals surface area contributed by atoms with Crippen LogP contribution in [0.15, 0.2) is 45.3 Å². The Balaban J connectivity index is 2.25. The molecule has 0 saturated heterocycles. The van der Waals surface area contributed by atoms with Crippen LogP contribution in [0.2, 0.25) is 0 Å². The molecule has 0 aromatic heterocycles. The van der Waals surface area contributed by atoms with Crippen LogP contribution in [0, 0.1) is 5.82 Å². The van der Waals surface area contributed by atoms with Crippen molar-refractivity contribution in [3.8, 4) is 0 Å². The third kappa shape index (κ3) is 3.33. The number of rotatable bonds is 2. The lowest BCUT2D eigenvalue weighted by Gasteiger charge is -2.08. The average molecular weight is 388 g/mol. The largest absolute Gasteiger partial charge is 0.398 e. The molecule has 3 N–H and O–H groups in total. The summed E-state index contributed by atoms with van der Waals surface area (Å²) >= 11 is 6.50. The summed E-state index contributed by atoms with van der Waals surface area (Å²) in [5, 5.41) is 2.62. The molecule has 0 fully saturated rings. The molecular weight excluding hydrogens is 379 g/mol. The topological polar surface area (TPSA) is 55.1 Å². The number of anilines is 2. The summed E-state index contributed by atoms with van der Waals surface area (Å²) in [7, 11) is 0. The van der Waals surface area contributed by atoms with Crippen molar-refractivity contribution in [2.45, 2.75) is 0 Å². The highest BCUT2D eigenvalue weighted by Crippen LogP contribution is 2.25. The van der Waals surface area contributed by atoms with Crippen molar-refractivity contribution in [2.24, 2.45) is 0 Å². The lowest BCUT2D eigenvalue weighted by Crippen LogP contribution is -2.12. The fourth-order valence-corrected chi connectivity index (χ4v) is 2.07. The lowest BCUT2D eigenvalue weighted by molar-refractivity contribution is 0.102. The molecule has 0 aliphatic heterocycles. The summed E-state index contributed by atoms with van der Waals surface area (Å²) in [6.45, 7) is 0. The van der Waals surface area contributed by atoms with Crippen molar-refractivity contribution in [1.29, 1.82) is 0 Å². The maximum absolute atomic E-state index is 13.1. The van der Waals surface area contributed by atoms with Gasteiger partial charge in [0.05, 0.1) is 5.69 Å². The third-order valence-corrected chi connectivity index (χ3v) is 3.85. The summed E-state index contributed by atoms with van der Waals surface area (Å²) in [5.74, 6) is -0.778. The Morgan fingerprint density at radius 1 is 1.11 bits per heavy atom. The zero-order valence-corrected chi connectivity index (χ0v) is 12.8. The van der Waals surface area contributed by atoms with Crippen molar-refractivity contribution in [3.05, 3.63) is 56.7 Å². The van der Waals surface area contributed by atoms with E-state index in [1.54, 1.807) is 18.2 Å². The maximum atomic E-state index is 13.1. The molecule has 0 atom stereocenters. The molecule has 1 amide bonds. The summed E-state index contributed by atoms with van der Waals surface area (Å²) in [4.78, 5) is 12.0. The SMILES string of the molecule is Nc1cc(C(=O)Nc2cc(F)ccc2Br)ccc1Br. The van der Waals surface area contributed by atoms with Gasteiger partial charge in [-0.3, -0.25) is 4.79 Å². The van der Waals surface area contributed by atoms with E-state index in [0.29, 0.717) is 21.4 Å². The van der Waals surface area contributed by atoms with E-state index in [1.165, 1.54) is 18.2 Å². The molecule has 3 nitrogen and oxygen atoms in total. The normalized spacial score (nSPS) is 10.3. The lowest BCUT2D eigenvalue weighted by atomic mass is 10.2. The number of carbonyl (C=O) groups is 1. The minimum Gasteiger partial charge on any atom is -0.398 e. The van der Waals surface area contributed by atoms with E-state index >= 15 is 0 Å². The van der Waals surface area contributed by atoms with Gasteiger partial charge in [0.1, 0.15) is 5.82 Å². The van der Waals surface area contributed by atoms with E-state index in [-0.39, 0.29) is 5.91 Å². The van der Waals surface area contributed by atoms with Crippen molar-refractivity contribution in [1.82, 2.24) is 0 Å². The van der Waals surface area contributed by atoms with Gasteiger partial charge < -0.3 is 11.1 Å². The number of benzene rings is 2. The van der Waals surface area contributed by atoms with E-state index in [4.69, 9.17) is 5.73 Å². The Morgan fingerprint density at radius 3 is 2.47 bits per heavy atom. The maximum Gasteiger partial charge on any atom is 0.255 e. The van der Waals surface area contributed by atoms with Crippen molar-refractivity contribution < 1.29 is 9.18 Å². The summed E-state index contributed by atoms with van der Waals surface area (Å²) in [6, 6.07) is 8.93. The van der Waals surface area contributed by atoms with Crippen LogP contribution in [-0.2, 0) is 0 Å². The highest BCUT2D eigenvalue weighted by Gasteiger charge is 2.10. The predicted molar refractivity (Wildman–Crippen MR) is 80.6 cm³/mol. The van der Waals surface area contributed by atoms with Gasteiger partial charge in [-0.2, -0.15) is 0 Å². The Kier molecular flexibility index (Phi) is 4.21. The van der Waals surface area contributed by atoms with Crippen molar-refractivity contribution in [3.63, 3.8) is 0 Å². The van der Waals surface area contributed by atoms with Crippen LogP contribution in [0.5, 0.6) is 0 Å². The van der Waals surface area contributed by atoms with Gasteiger partial charge in [-0.05, 0) is 68.3 Å². The van der Waals surface area contributed by atoms with Gasteiger partial charge in [0.25, 0.3) is 5.91 Å². The number of hydrogen-bond donors (Lipinski definition) is 2. The Hall–Kier alpha value is -1.40. The Morgan fingerprint density at radius 2 is 1.79 bits per heavy atom. The molecule has 0 radical (unpaired) electrons. The van der Waals surface area contributed by atoms with Crippen LogP contribution in [0.25, 0.3) is 0 Å². The molecule has 0 spiro atoms. The second-order valence-corrected chi connectivity index (χ2v) is 5.52. The third-order valence-electron chi connectivity index (χ3n) is 2.43. The van der Waals surface area contributed by atoms with Crippen LogP contribution in [0.1, 0.15) is 10.4 Å². The monoisotopic (exact) mass is 386 g/mol. The van der Waals surface area contributed by atoms with Gasteiger partial charge in [0, 0.05) is 20.2 Å². The van der Waals surface area contributed by atoms with E-state index in [1.807, 2.05) is 0 Å². The minimum absolute atomic E-state index is 0.356. The van der Waals surface area contributed by atoms with Crippen LogP contribution in [0.4, 0.5) is 15.8 Å². The van der Waals surface area contributed by atoms with Gasteiger partial charge in [-0.1, -0.05) is 0 Å². The number of nitrogen functional groups attached to an aromatic ring is 1. The van der Waals surface area contributed by atoms with Crippen LogP contribution < -0.4 is 11.1 Å². The van der Waals surface area contributed by atoms with E-state index in [9.17, 15) is 9.18 Å². The minimum atomic E-state index is -0.422. The molecule has 0 unspecified atom stereocenters. The summed E-state index contributed by atoms with van der Waals surface area (Å²) < 4.78 is 14.4. The molecule has 2 aromatic rings. The van der Waals surface area contributed by atoms with E-state index in [0.717, 1.165) is 4.47 Å². The smallest absolute Gasteiger partial charge is 0.255 e. The number of nitrogens with one attached hydrogen (secondary N) is 1. The van der Waals surface area contributed by atoms with Crippen LogP contribution in [0.3, 0.4) is 0 Å². The highest BCUT2D eigenvalue weighted by atomic mass is 79.9. The molecule has 0 aliphatic carbocycles. The molecule has 98 valence electrons. The predicted octanol–water partition coefficient (Wildman–Crippen LogP) is 4.19. The first kappa shape index (κ1) is 14.0. The number of hydrogen-bond acceptors (Lipinski definition) is 2. The first-order valence-corrected chi connectivity index (χ1v) is 6.87. The zero-order chi connectivity index (χ0) is 14.0. The fraction of sp³-hybridized carbons (Fsp3) is 0. The van der Waals surface area contributed by atoms with Crippen molar-refractivity contribution >= 4 is 49.1 Å². The molecule has 6 heteroatoms. The van der Waals surface area contributed by atoms with Gasteiger partial charge in [-0.25, -0.2) is 4.39 Å². The molecule has 0 heterocycles. The Labute approximate surface area is 126 Å². The second-order valence-electron chi connectivity index (χ2n) is 3.81. The number of amides is 1. The average Bonchev–Trinajstić information content (AvgIpc) is 2.37. The van der Waals surface area contributed by atoms with Crippen LogP contribution >= 0.6 is 31.9 Å². The standard InChI is InChI=1S/C13H9Br2FN2O/c14-9-3-1-7(5-11(9)17)13(19)18-12-6-8(16)2-4-10(12)15/h1-6H,17H2,(H,18,19). The number of carbonyl (C=O) groups excluding carboxylic acids is 1. The quantitative estimate of drug-likeness (QED) is 0.759. The van der Waals surface area contributed by atoms with Gasteiger partial charge in [0.15, 0.2) is 0 Å². The van der Waals surface area contributed by atoms with Gasteiger partial charge in [0.2, 0.25) is 0 Å². The fourth-order valence-electron chi connectivity index (χ4n) is 1.47. The van der Waals surface area contributed by atoms with E-state index < -0.39 is 5.82 Å². The zero-order valence-electron chi connectivity index (χ0n) is 9.58. The second kappa shape index (κ2) is 5.71. The molecular formula is C13H9Br2FN2O. The molecule has 2 aromatic carbocycles. The molecule has 19 heavy (non-hydrogen) atoms. The summed E-state index contributed by atoms with van der Waals surface area (Å²) in [5.41, 5.74) is 6.94. The van der Waals surface area contributed by atoms with E-state index in [2.05, 4.69) is 37.2 Å². The molecule has 0 saturated carbocycles. The number of halogens is 3. The van der Waals surface area contributed by atoms with Gasteiger partial charge >= 0.3 is 0 Å². The van der Waals surface area contributed by atoms with Gasteiger partial charge in [-0.15, -0.1) is 0 Å². The molecule has 0 bridgehead atoms. The first-order valence-electron chi connectivity index (χ1n) is 5.29.